The lowest BCUT2D eigenvalue weighted by Crippen LogP contribution is -2.41. The maximum absolute atomic E-state index is 13.4. The minimum absolute atomic E-state index is 0.0440. The first kappa shape index (κ1) is 14.0. The van der Waals surface area contributed by atoms with Crippen molar-refractivity contribution in [3.8, 4) is 0 Å². The first-order valence-electron chi connectivity index (χ1n) is 7.47. The lowest BCUT2D eigenvalue weighted by atomic mass is 9.94. The molecule has 3 rings (SSSR count). The second-order valence-corrected chi connectivity index (χ2v) is 5.74. The maximum Gasteiger partial charge on any atom is 0.161 e. The second-order valence-electron chi connectivity index (χ2n) is 5.74. The number of hydrogen-bond donors (Lipinski definition) is 0. The van der Waals surface area contributed by atoms with Crippen LogP contribution in [0.4, 0.5) is 4.39 Å². The van der Waals surface area contributed by atoms with Gasteiger partial charge in [-0.25, -0.2) is 4.39 Å². The zero-order valence-corrected chi connectivity index (χ0v) is 11.9. The summed E-state index contributed by atoms with van der Waals surface area (Å²) >= 11 is 0. The van der Waals surface area contributed by atoms with Crippen molar-refractivity contribution in [2.75, 3.05) is 26.3 Å². The van der Waals surface area contributed by atoms with Crippen LogP contribution in [0.1, 0.15) is 31.4 Å². The zero-order valence-electron chi connectivity index (χ0n) is 11.9. The van der Waals surface area contributed by atoms with Gasteiger partial charge in [0.25, 0.3) is 0 Å². The quantitative estimate of drug-likeness (QED) is 0.849. The molecule has 2 heterocycles. The third kappa shape index (κ3) is 3.03. The zero-order chi connectivity index (χ0) is 13.9. The van der Waals surface area contributed by atoms with E-state index in [4.69, 9.17) is 9.47 Å². The van der Waals surface area contributed by atoms with Crippen molar-refractivity contribution < 1.29 is 13.9 Å². The van der Waals surface area contributed by atoms with Crippen molar-refractivity contribution in [1.82, 2.24) is 4.90 Å². The third-order valence-electron chi connectivity index (χ3n) is 4.40. The predicted molar refractivity (Wildman–Crippen MR) is 74.8 cm³/mol. The van der Waals surface area contributed by atoms with E-state index in [1.165, 1.54) is 6.07 Å². The minimum atomic E-state index is -0.162. The molecule has 2 aliphatic rings. The first-order valence-corrected chi connectivity index (χ1v) is 7.47. The third-order valence-corrected chi connectivity index (χ3v) is 4.40. The Labute approximate surface area is 119 Å². The van der Waals surface area contributed by atoms with Crippen molar-refractivity contribution in [2.24, 2.45) is 5.92 Å². The molecule has 1 aromatic carbocycles. The van der Waals surface area contributed by atoms with Crippen LogP contribution >= 0.6 is 0 Å². The number of likely N-dealkylation sites (tertiary alicyclic amines) is 1. The number of ether oxygens (including phenoxy) is 2. The van der Waals surface area contributed by atoms with E-state index in [0.717, 1.165) is 31.5 Å². The van der Waals surface area contributed by atoms with Crippen LogP contribution in [-0.4, -0.2) is 37.5 Å². The number of piperidine rings is 1. The summed E-state index contributed by atoms with van der Waals surface area (Å²) in [6.07, 6.45) is 2.25. The highest BCUT2D eigenvalue weighted by Gasteiger charge is 2.32. The SMILES string of the molecule is CC(c1cccc(F)c1)N1CCCC(C2OCCO2)C1. The van der Waals surface area contributed by atoms with Gasteiger partial charge in [-0.2, -0.15) is 0 Å². The molecule has 2 unspecified atom stereocenters. The smallest absolute Gasteiger partial charge is 0.161 e. The average molecular weight is 279 g/mol. The highest BCUT2D eigenvalue weighted by Crippen LogP contribution is 2.30. The summed E-state index contributed by atoms with van der Waals surface area (Å²) in [5, 5.41) is 0. The average Bonchev–Trinajstić information content (AvgIpc) is 3.01. The monoisotopic (exact) mass is 279 g/mol. The van der Waals surface area contributed by atoms with Gasteiger partial charge >= 0.3 is 0 Å². The van der Waals surface area contributed by atoms with E-state index in [1.807, 2.05) is 6.07 Å². The number of benzene rings is 1. The summed E-state index contributed by atoms with van der Waals surface area (Å²) < 4.78 is 24.6. The van der Waals surface area contributed by atoms with Crippen molar-refractivity contribution in [3.05, 3.63) is 35.6 Å². The standard InChI is InChI=1S/C16H22FNO2/c1-12(13-4-2-6-15(17)10-13)18-7-3-5-14(11-18)16-19-8-9-20-16/h2,4,6,10,12,14,16H,3,5,7-9,11H2,1H3. The number of rotatable bonds is 3. The van der Waals surface area contributed by atoms with Gasteiger partial charge in [-0.15, -0.1) is 0 Å². The van der Waals surface area contributed by atoms with Gasteiger partial charge in [0.2, 0.25) is 0 Å². The van der Waals surface area contributed by atoms with E-state index < -0.39 is 0 Å². The second kappa shape index (κ2) is 6.20. The molecular formula is C16H22FNO2. The number of nitrogens with zero attached hydrogens (tertiary/aromatic N) is 1. The molecule has 0 bridgehead atoms. The summed E-state index contributed by atoms with van der Waals surface area (Å²) in [6.45, 7) is 5.58. The topological polar surface area (TPSA) is 21.7 Å². The van der Waals surface area contributed by atoms with Gasteiger partial charge < -0.3 is 9.47 Å². The predicted octanol–water partition coefficient (Wildman–Crippen LogP) is 2.97. The minimum Gasteiger partial charge on any atom is -0.350 e. The molecule has 2 aliphatic heterocycles. The van der Waals surface area contributed by atoms with Gasteiger partial charge in [0.15, 0.2) is 6.29 Å². The molecule has 2 atom stereocenters. The van der Waals surface area contributed by atoms with Crippen LogP contribution in [0.3, 0.4) is 0 Å². The summed E-state index contributed by atoms with van der Waals surface area (Å²) in [4.78, 5) is 2.41. The van der Waals surface area contributed by atoms with Gasteiger partial charge in [0.1, 0.15) is 5.82 Å². The fourth-order valence-corrected chi connectivity index (χ4v) is 3.24. The van der Waals surface area contributed by atoms with E-state index in [9.17, 15) is 4.39 Å². The van der Waals surface area contributed by atoms with Gasteiger partial charge in [0.05, 0.1) is 13.2 Å². The molecule has 0 aromatic heterocycles. The van der Waals surface area contributed by atoms with Crippen LogP contribution < -0.4 is 0 Å². The summed E-state index contributed by atoms with van der Waals surface area (Å²) in [5.41, 5.74) is 1.04. The Hall–Kier alpha value is -0.970. The highest BCUT2D eigenvalue weighted by atomic mass is 19.1. The molecule has 2 saturated heterocycles. The van der Waals surface area contributed by atoms with Crippen molar-refractivity contribution in [1.29, 1.82) is 0 Å². The molecule has 4 heteroatoms. The molecule has 20 heavy (non-hydrogen) atoms. The maximum atomic E-state index is 13.4. The van der Waals surface area contributed by atoms with Crippen molar-refractivity contribution in [2.45, 2.75) is 32.1 Å². The fraction of sp³-hybridized carbons (Fsp3) is 0.625. The Morgan fingerprint density at radius 2 is 2.10 bits per heavy atom. The van der Waals surface area contributed by atoms with Crippen LogP contribution in [-0.2, 0) is 9.47 Å². The molecule has 0 radical (unpaired) electrons. The Kier molecular flexibility index (Phi) is 4.34. The van der Waals surface area contributed by atoms with Crippen molar-refractivity contribution >= 4 is 0 Å². The largest absolute Gasteiger partial charge is 0.350 e. The van der Waals surface area contributed by atoms with Crippen LogP contribution in [0.2, 0.25) is 0 Å². The summed E-state index contributed by atoms with van der Waals surface area (Å²) in [7, 11) is 0. The molecule has 0 saturated carbocycles. The van der Waals surface area contributed by atoms with Gasteiger partial charge in [-0.3, -0.25) is 4.90 Å². The van der Waals surface area contributed by atoms with E-state index in [1.54, 1.807) is 12.1 Å². The Morgan fingerprint density at radius 3 is 2.85 bits per heavy atom. The van der Waals surface area contributed by atoms with Crippen LogP contribution in [0.25, 0.3) is 0 Å². The van der Waals surface area contributed by atoms with E-state index in [-0.39, 0.29) is 18.1 Å². The summed E-state index contributed by atoms with van der Waals surface area (Å²) in [5.74, 6) is 0.271. The molecule has 3 nitrogen and oxygen atoms in total. The molecule has 2 fully saturated rings. The molecule has 0 spiro atoms. The Bertz CT molecular complexity index is 448. The number of halogens is 1. The molecule has 110 valence electrons. The van der Waals surface area contributed by atoms with Gasteiger partial charge in [-0.1, -0.05) is 12.1 Å². The molecule has 0 amide bonds. The Balaban J connectivity index is 1.66. The van der Waals surface area contributed by atoms with E-state index in [0.29, 0.717) is 19.1 Å². The van der Waals surface area contributed by atoms with Gasteiger partial charge in [0, 0.05) is 18.5 Å². The van der Waals surface area contributed by atoms with Gasteiger partial charge in [-0.05, 0) is 44.0 Å². The van der Waals surface area contributed by atoms with E-state index in [2.05, 4.69) is 11.8 Å². The first-order chi connectivity index (χ1) is 9.74. The fourth-order valence-electron chi connectivity index (χ4n) is 3.24. The van der Waals surface area contributed by atoms with Crippen molar-refractivity contribution in [3.63, 3.8) is 0 Å². The van der Waals surface area contributed by atoms with Crippen LogP contribution in [0.15, 0.2) is 24.3 Å². The van der Waals surface area contributed by atoms with E-state index >= 15 is 0 Å². The summed E-state index contributed by atoms with van der Waals surface area (Å²) in [6, 6.07) is 7.15. The molecule has 0 aliphatic carbocycles. The number of hydrogen-bond acceptors (Lipinski definition) is 3. The molecule has 1 aromatic rings. The molecular weight excluding hydrogens is 257 g/mol. The lowest BCUT2D eigenvalue weighted by Gasteiger charge is -2.38. The van der Waals surface area contributed by atoms with Crippen LogP contribution in [0.5, 0.6) is 0 Å². The lowest BCUT2D eigenvalue weighted by molar-refractivity contribution is -0.103. The van der Waals surface area contributed by atoms with Crippen LogP contribution in [0, 0.1) is 11.7 Å². The molecule has 0 N–H and O–H groups in total. The Morgan fingerprint density at radius 1 is 1.30 bits per heavy atom. The normalized spacial score (nSPS) is 26.8. The highest BCUT2D eigenvalue weighted by molar-refractivity contribution is 5.19.